The van der Waals surface area contributed by atoms with E-state index in [1.165, 1.54) is 0 Å². The van der Waals surface area contributed by atoms with Crippen LogP contribution in [0, 0.1) is 5.92 Å². The second-order valence-corrected chi connectivity index (χ2v) is 5.88. The van der Waals surface area contributed by atoms with Gasteiger partial charge < -0.3 is 20.1 Å². The fourth-order valence-electron chi connectivity index (χ4n) is 2.52. The van der Waals surface area contributed by atoms with Gasteiger partial charge in [0.1, 0.15) is 0 Å². The number of anilines is 2. The summed E-state index contributed by atoms with van der Waals surface area (Å²) >= 11 is 0. The largest absolute Gasteiger partial charge is 0.454 e. The summed E-state index contributed by atoms with van der Waals surface area (Å²) < 4.78 is 10.7. The number of hydrogen-bond donors (Lipinski definition) is 2. The van der Waals surface area contributed by atoms with E-state index in [0.717, 1.165) is 41.3 Å². The lowest BCUT2D eigenvalue weighted by atomic mass is 10.2. The Morgan fingerprint density at radius 2 is 1.74 bits per heavy atom. The van der Waals surface area contributed by atoms with Gasteiger partial charge >= 0.3 is 0 Å². The van der Waals surface area contributed by atoms with E-state index >= 15 is 0 Å². The van der Waals surface area contributed by atoms with Crippen LogP contribution in [-0.4, -0.2) is 12.7 Å². The Morgan fingerprint density at radius 1 is 1.00 bits per heavy atom. The summed E-state index contributed by atoms with van der Waals surface area (Å²) in [5, 5.41) is 6.29. The quantitative estimate of drug-likeness (QED) is 0.889. The third kappa shape index (κ3) is 3.23. The molecule has 0 aromatic heterocycles. The van der Waals surface area contributed by atoms with Crippen LogP contribution < -0.4 is 20.1 Å². The summed E-state index contributed by atoms with van der Waals surface area (Å²) in [5.41, 5.74) is 2.97. The molecule has 118 valence electrons. The number of amides is 1. The molecule has 0 unspecified atom stereocenters. The molecule has 0 spiro atoms. The number of nitrogens with one attached hydrogen (secondary N) is 2. The van der Waals surface area contributed by atoms with Crippen molar-refractivity contribution in [3.8, 4) is 11.5 Å². The third-order valence-electron chi connectivity index (χ3n) is 4.03. The smallest absolute Gasteiger partial charge is 0.231 e. The normalized spacial score (nSPS) is 15.3. The van der Waals surface area contributed by atoms with Crippen molar-refractivity contribution < 1.29 is 14.3 Å². The fourth-order valence-corrected chi connectivity index (χ4v) is 2.52. The number of hydrogen-bond acceptors (Lipinski definition) is 4. The summed E-state index contributed by atoms with van der Waals surface area (Å²) in [6, 6.07) is 13.7. The molecule has 0 bridgehead atoms. The molecule has 0 atom stereocenters. The van der Waals surface area contributed by atoms with Gasteiger partial charge in [0.15, 0.2) is 11.5 Å². The summed E-state index contributed by atoms with van der Waals surface area (Å²) in [5.74, 6) is 1.94. The molecule has 1 saturated carbocycles. The first-order chi connectivity index (χ1) is 11.3. The van der Waals surface area contributed by atoms with Crippen LogP contribution in [0.5, 0.6) is 11.5 Å². The molecule has 1 aliphatic heterocycles. The minimum absolute atomic E-state index is 0.131. The van der Waals surface area contributed by atoms with Crippen LogP contribution in [0.1, 0.15) is 18.4 Å². The molecule has 4 rings (SSSR count). The highest BCUT2D eigenvalue weighted by atomic mass is 16.7. The highest BCUT2D eigenvalue weighted by Gasteiger charge is 2.29. The van der Waals surface area contributed by atoms with Crippen LogP contribution in [-0.2, 0) is 11.3 Å². The average Bonchev–Trinajstić information content (AvgIpc) is 3.32. The number of rotatable bonds is 5. The highest BCUT2D eigenvalue weighted by molar-refractivity contribution is 5.94. The minimum Gasteiger partial charge on any atom is -0.454 e. The second kappa shape index (κ2) is 5.83. The molecule has 0 saturated heterocycles. The number of fused-ring (bicyclic) bond motifs is 1. The Balaban J connectivity index is 1.34. The first-order valence-electron chi connectivity index (χ1n) is 7.81. The molecule has 1 aliphatic carbocycles. The molecule has 0 radical (unpaired) electrons. The van der Waals surface area contributed by atoms with Gasteiger partial charge in [-0.2, -0.15) is 0 Å². The summed E-state index contributed by atoms with van der Waals surface area (Å²) in [6.07, 6.45) is 2.03. The molecule has 2 aromatic rings. The zero-order valence-corrected chi connectivity index (χ0v) is 12.7. The first-order valence-corrected chi connectivity index (χ1v) is 7.81. The molecule has 1 fully saturated rings. The van der Waals surface area contributed by atoms with Crippen molar-refractivity contribution in [2.45, 2.75) is 19.4 Å². The molecular formula is C18H18N2O3. The van der Waals surface area contributed by atoms with Crippen LogP contribution in [0.15, 0.2) is 42.5 Å². The van der Waals surface area contributed by atoms with Crippen LogP contribution in [0.4, 0.5) is 11.4 Å². The topological polar surface area (TPSA) is 59.6 Å². The standard InChI is InChI=1S/C18H18N2O3/c21-18(13-2-3-13)20-15-6-4-14(5-7-15)19-10-12-1-8-16-17(9-12)23-11-22-16/h1,4-9,13,19H,2-3,10-11H2,(H,20,21). The predicted octanol–water partition coefficient (Wildman–Crippen LogP) is 3.38. The van der Waals surface area contributed by atoms with E-state index in [-0.39, 0.29) is 11.8 Å². The molecule has 23 heavy (non-hydrogen) atoms. The van der Waals surface area contributed by atoms with Crippen molar-refractivity contribution in [3.63, 3.8) is 0 Å². The van der Waals surface area contributed by atoms with Crippen molar-refractivity contribution in [3.05, 3.63) is 48.0 Å². The van der Waals surface area contributed by atoms with Gasteiger partial charge in [0.2, 0.25) is 12.7 Å². The van der Waals surface area contributed by atoms with Gasteiger partial charge in [-0.1, -0.05) is 6.07 Å². The zero-order valence-electron chi connectivity index (χ0n) is 12.7. The number of ether oxygens (including phenoxy) is 2. The third-order valence-corrected chi connectivity index (χ3v) is 4.03. The van der Waals surface area contributed by atoms with Gasteiger partial charge in [-0.05, 0) is 54.8 Å². The molecule has 2 aliphatic rings. The molecule has 1 heterocycles. The van der Waals surface area contributed by atoms with Crippen LogP contribution in [0.25, 0.3) is 0 Å². The maximum Gasteiger partial charge on any atom is 0.231 e. The average molecular weight is 310 g/mol. The van der Waals surface area contributed by atoms with Crippen LogP contribution in [0.3, 0.4) is 0 Å². The summed E-state index contributed by atoms with van der Waals surface area (Å²) in [6.45, 7) is 0.991. The minimum atomic E-state index is 0.131. The second-order valence-electron chi connectivity index (χ2n) is 5.88. The van der Waals surface area contributed by atoms with Crippen LogP contribution >= 0.6 is 0 Å². The Kier molecular flexibility index (Phi) is 3.54. The van der Waals surface area contributed by atoms with Crippen molar-refractivity contribution in [1.82, 2.24) is 0 Å². The maximum absolute atomic E-state index is 11.7. The number of benzene rings is 2. The van der Waals surface area contributed by atoms with Crippen molar-refractivity contribution in [2.75, 3.05) is 17.4 Å². The Morgan fingerprint density at radius 3 is 2.52 bits per heavy atom. The van der Waals surface area contributed by atoms with Gasteiger partial charge in [0.25, 0.3) is 0 Å². The van der Waals surface area contributed by atoms with E-state index in [9.17, 15) is 4.79 Å². The molecule has 1 amide bonds. The molecule has 5 nitrogen and oxygen atoms in total. The van der Waals surface area contributed by atoms with E-state index in [0.29, 0.717) is 13.3 Å². The zero-order chi connectivity index (χ0) is 15.6. The van der Waals surface area contributed by atoms with Gasteiger partial charge in [-0.25, -0.2) is 0 Å². The summed E-state index contributed by atoms with van der Waals surface area (Å²) in [4.78, 5) is 11.7. The SMILES string of the molecule is O=C(Nc1ccc(NCc2ccc3c(c2)OCO3)cc1)C1CC1. The lowest BCUT2D eigenvalue weighted by Crippen LogP contribution is -2.13. The lowest BCUT2D eigenvalue weighted by molar-refractivity contribution is -0.117. The Labute approximate surface area is 134 Å². The Hall–Kier alpha value is -2.69. The van der Waals surface area contributed by atoms with E-state index in [1.807, 2.05) is 42.5 Å². The fraction of sp³-hybridized carbons (Fsp3) is 0.278. The summed E-state index contributed by atoms with van der Waals surface area (Å²) in [7, 11) is 0. The highest BCUT2D eigenvalue weighted by Crippen LogP contribution is 2.33. The monoisotopic (exact) mass is 310 g/mol. The van der Waals surface area contributed by atoms with E-state index in [1.54, 1.807) is 0 Å². The molecule has 5 heteroatoms. The molecular weight excluding hydrogens is 292 g/mol. The van der Waals surface area contributed by atoms with Crippen molar-refractivity contribution in [1.29, 1.82) is 0 Å². The maximum atomic E-state index is 11.7. The molecule has 2 aromatic carbocycles. The van der Waals surface area contributed by atoms with Crippen molar-refractivity contribution >= 4 is 17.3 Å². The van der Waals surface area contributed by atoms with E-state index in [2.05, 4.69) is 10.6 Å². The lowest BCUT2D eigenvalue weighted by Gasteiger charge is -2.09. The first kappa shape index (κ1) is 13.9. The van der Waals surface area contributed by atoms with Crippen LogP contribution in [0.2, 0.25) is 0 Å². The Bertz CT molecular complexity index is 724. The van der Waals surface area contributed by atoms with E-state index in [4.69, 9.17) is 9.47 Å². The van der Waals surface area contributed by atoms with Gasteiger partial charge in [0, 0.05) is 23.8 Å². The van der Waals surface area contributed by atoms with E-state index < -0.39 is 0 Å². The molecule has 2 N–H and O–H groups in total. The predicted molar refractivity (Wildman–Crippen MR) is 87.7 cm³/mol. The van der Waals surface area contributed by atoms with Gasteiger partial charge in [-0.3, -0.25) is 4.79 Å². The van der Waals surface area contributed by atoms with Crippen molar-refractivity contribution in [2.24, 2.45) is 5.92 Å². The van der Waals surface area contributed by atoms with Gasteiger partial charge in [-0.15, -0.1) is 0 Å². The number of carbonyl (C=O) groups excluding carboxylic acids is 1. The number of carbonyl (C=O) groups is 1. The van der Waals surface area contributed by atoms with Gasteiger partial charge in [0.05, 0.1) is 0 Å².